The third kappa shape index (κ3) is 5.20. The van der Waals surface area contributed by atoms with Gasteiger partial charge in [0.1, 0.15) is 7.85 Å². The summed E-state index contributed by atoms with van der Waals surface area (Å²) in [7, 11) is 1.99. The molecule has 17 heavy (non-hydrogen) atoms. The van der Waals surface area contributed by atoms with Gasteiger partial charge in [-0.05, 0) is 11.1 Å². The van der Waals surface area contributed by atoms with Crippen molar-refractivity contribution in [2.24, 2.45) is 0 Å². The van der Waals surface area contributed by atoms with Gasteiger partial charge in [-0.2, -0.15) is 0 Å². The van der Waals surface area contributed by atoms with Gasteiger partial charge >= 0.3 is 0 Å². The second-order valence-corrected chi connectivity index (χ2v) is 4.15. The fourth-order valence-corrected chi connectivity index (χ4v) is 1.61. The number of nitrogens with one attached hydrogen (secondary N) is 2. The Kier molecular flexibility index (Phi) is 4.76. The van der Waals surface area contributed by atoms with E-state index >= 15 is 0 Å². The number of amides is 2. The van der Waals surface area contributed by atoms with Crippen LogP contribution in [-0.2, 0) is 22.7 Å². The van der Waals surface area contributed by atoms with Crippen LogP contribution in [0.25, 0.3) is 0 Å². The maximum absolute atomic E-state index is 10.8. The summed E-state index contributed by atoms with van der Waals surface area (Å²) in [6, 6.07) is 6.03. The normalized spacial score (nSPS) is 9.76. The van der Waals surface area contributed by atoms with Gasteiger partial charge < -0.3 is 10.6 Å². The highest BCUT2D eigenvalue weighted by molar-refractivity contribution is 6.32. The molecule has 0 heterocycles. The Labute approximate surface area is 102 Å². The third-order valence-electron chi connectivity index (χ3n) is 2.28. The molecule has 0 radical (unpaired) electrons. The number of rotatable bonds is 4. The van der Waals surface area contributed by atoms with Crippen molar-refractivity contribution in [3.8, 4) is 0 Å². The Bertz CT molecular complexity index is 396. The molecule has 0 saturated heterocycles. The van der Waals surface area contributed by atoms with E-state index in [0.29, 0.717) is 13.1 Å². The second-order valence-electron chi connectivity index (χ2n) is 4.15. The Balaban J connectivity index is 2.71. The SMILES string of the molecule is Bc1cc(CNC(C)=O)cc(CNC(C)=O)c1. The minimum Gasteiger partial charge on any atom is -0.352 e. The summed E-state index contributed by atoms with van der Waals surface area (Å²) >= 11 is 0. The first-order valence-electron chi connectivity index (χ1n) is 5.55. The Hall–Kier alpha value is -1.78. The molecule has 5 heteroatoms. The summed E-state index contributed by atoms with van der Waals surface area (Å²) < 4.78 is 0. The van der Waals surface area contributed by atoms with Crippen LogP contribution < -0.4 is 16.1 Å². The van der Waals surface area contributed by atoms with E-state index in [1.54, 1.807) is 0 Å². The van der Waals surface area contributed by atoms with Crippen LogP contribution in [0, 0.1) is 0 Å². The van der Waals surface area contributed by atoms with E-state index in [1.807, 2.05) is 26.0 Å². The van der Waals surface area contributed by atoms with Crippen molar-refractivity contribution in [3.63, 3.8) is 0 Å². The fourth-order valence-electron chi connectivity index (χ4n) is 1.61. The molecule has 0 aliphatic carbocycles. The zero-order chi connectivity index (χ0) is 12.8. The van der Waals surface area contributed by atoms with Crippen LogP contribution in [0.1, 0.15) is 25.0 Å². The number of benzene rings is 1. The van der Waals surface area contributed by atoms with Crippen molar-refractivity contribution in [1.82, 2.24) is 10.6 Å². The number of hydrogen-bond acceptors (Lipinski definition) is 2. The van der Waals surface area contributed by atoms with Gasteiger partial charge in [0.25, 0.3) is 0 Å². The number of carbonyl (C=O) groups excluding carboxylic acids is 2. The number of carbonyl (C=O) groups is 2. The largest absolute Gasteiger partial charge is 0.352 e. The molecular weight excluding hydrogens is 215 g/mol. The van der Waals surface area contributed by atoms with Crippen LogP contribution in [-0.4, -0.2) is 19.7 Å². The molecule has 4 nitrogen and oxygen atoms in total. The van der Waals surface area contributed by atoms with E-state index in [4.69, 9.17) is 0 Å². The topological polar surface area (TPSA) is 58.2 Å². The first-order chi connectivity index (χ1) is 7.97. The fraction of sp³-hybridized carbons (Fsp3) is 0.333. The maximum atomic E-state index is 10.8. The molecule has 2 amide bonds. The van der Waals surface area contributed by atoms with Crippen LogP contribution in [0.15, 0.2) is 18.2 Å². The summed E-state index contributed by atoms with van der Waals surface area (Å²) in [5.41, 5.74) is 3.20. The van der Waals surface area contributed by atoms with Gasteiger partial charge in [-0.1, -0.05) is 23.7 Å². The average Bonchev–Trinajstić information content (AvgIpc) is 2.23. The second kappa shape index (κ2) is 6.08. The van der Waals surface area contributed by atoms with E-state index < -0.39 is 0 Å². The zero-order valence-corrected chi connectivity index (χ0v) is 10.5. The van der Waals surface area contributed by atoms with Crippen LogP contribution in [0.2, 0.25) is 0 Å². The van der Waals surface area contributed by atoms with Gasteiger partial charge in [-0.25, -0.2) is 0 Å². The predicted octanol–water partition coefficient (Wildman–Crippen LogP) is -0.783. The lowest BCUT2D eigenvalue weighted by Crippen LogP contribution is -2.22. The highest BCUT2D eigenvalue weighted by Crippen LogP contribution is 2.03. The molecule has 1 aromatic rings. The minimum absolute atomic E-state index is 0.0464. The maximum Gasteiger partial charge on any atom is 0.217 e. The molecule has 0 fully saturated rings. The summed E-state index contributed by atoms with van der Waals surface area (Å²) in [4.78, 5) is 21.7. The molecule has 0 spiro atoms. The monoisotopic (exact) mass is 232 g/mol. The molecule has 0 unspecified atom stereocenters. The van der Waals surface area contributed by atoms with E-state index in [9.17, 15) is 9.59 Å². The van der Waals surface area contributed by atoms with E-state index in [1.165, 1.54) is 13.8 Å². The summed E-state index contributed by atoms with van der Waals surface area (Å²) in [5.74, 6) is -0.0927. The molecule has 1 aromatic carbocycles. The quantitative estimate of drug-likeness (QED) is 0.669. The van der Waals surface area contributed by atoms with Crippen molar-refractivity contribution in [1.29, 1.82) is 0 Å². The molecule has 0 saturated carbocycles. The summed E-state index contributed by atoms with van der Waals surface area (Å²) in [5, 5.41) is 5.51. The van der Waals surface area contributed by atoms with E-state index in [2.05, 4.69) is 10.6 Å². The Morgan fingerprint density at radius 3 is 1.76 bits per heavy atom. The lowest BCUT2D eigenvalue weighted by atomic mass is 9.92. The van der Waals surface area contributed by atoms with Crippen molar-refractivity contribution >= 4 is 25.1 Å². The van der Waals surface area contributed by atoms with Gasteiger partial charge in [0.2, 0.25) is 11.8 Å². The van der Waals surface area contributed by atoms with Crippen molar-refractivity contribution in [3.05, 3.63) is 29.3 Å². The molecule has 1 rings (SSSR count). The van der Waals surface area contributed by atoms with E-state index in [-0.39, 0.29) is 11.8 Å². The zero-order valence-electron chi connectivity index (χ0n) is 10.5. The number of hydrogen-bond donors (Lipinski definition) is 2. The highest BCUT2D eigenvalue weighted by atomic mass is 16.1. The summed E-state index contributed by atoms with van der Waals surface area (Å²) in [6.07, 6.45) is 0. The standard InChI is InChI=1S/C12H17BN2O2/c1-8(16)14-6-10-3-11(5-12(13)4-10)7-15-9(2)17/h3-5H,6-7,13H2,1-2H3,(H,14,16)(H,15,17). The average molecular weight is 232 g/mol. The van der Waals surface area contributed by atoms with Gasteiger partial charge in [-0.3, -0.25) is 9.59 Å². The van der Waals surface area contributed by atoms with Crippen LogP contribution in [0.5, 0.6) is 0 Å². The van der Waals surface area contributed by atoms with Gasteiger partial charge in [0.15, 0.2) is 0 Å². The molecule has 0 atom stereocenters. The summed E-state index contributed by atoms with van der Waals surface area (Å²) in [6.45, 7) is 4.02. The van der Waals surface area contributed by atoms with Gasteiger partial charge in [-0.15, -0.1) is 0 Å². The van der Waals surface area contributed by atoms with Crippen LogP contribution >= 0.6 is 0 Å². The molecule has 0 aromatic heterocycles. The Morgan fingerprint density at radius 1 is 1.00 bits per heavy atom. The van der Waals surface area contributed by atoms with Gasteiger partial charge in [0, 0.05) is 26.9 Å². The smallest absolute Gasteiger partial charge is 0.217 e. The highest BCUT2D eigenvalue weighted by Gasteiger charge is 2.00. The molecule has 0 aliphatic heterocycles. The first-order valence-corrected chi connectivity index (χ1v) is 5.55. The van der Waals surface area contributed by atoms with Gasteiger partial charge in [0.05, 0.1) is 0 Å². The lowest BCUT2D eigenvalue weighted by Gasteiger charge is -2.08. The molecular formula is C12H17BN2O2. The molecule has 90 valence electrons. The molecule has 0 bridgehead atoms. The minimum atomic E-state index is -0.0464. The first kappa shape index (κ1) is 13.3. The van der Waals surface area contributed by atoms with E-state index in [0.717, 1.165) is 16.6 Å². The van der Waals surface area contributed by atoms with Crippen molar-refractivity contribution in [2.75, 3.05) is 0 Å². The lowest BCUT2D eigenvalue weighted by molar-refractivity contribution is -0.119. The third-order valence-corrected chi connectivity index (χ3v) is 2.28. The predicted molar refractivity (Wildman–Crippen MR) is 69.7 cm³/mol. The molecule has 2 N–H and O–H groups in total. The van der Waals surface area contributed by atoms with Crippen molar-refractivity contribution in [2.45, 2.75) is 26.9 Å². The van der Waals surface area contributed by atoms with Crippen LogP contribution in [0.4, 0.5) is 0 Å². The molecule has 0 aliphatic rings. The van der Waals surface area contributed by atoms with Crippen molar-refractivity contribution < 1.29 is 9.59 Å². The Morgan fingerprint density at radius 2 is 1.41 bits per heavy atom. The van der Waals surface area contributed by atoms with Crippen LogP contribution in [0.3, 0.4) is 0 Å².